The number of alkyl halides is 3. The number of carbonyl (C=O) groups is 1. The fourth-order valence-corrected chi connectivity index (χ4v) is 5.88. The highest BCUT2D eigenvalue weighted by Gasteiger charge is 2.37. The van der Waals surface area contributed by atoms with Gasteiger partial charge in [0.25, 0.3) is 5.91 Å². The molecule has 2 aromatic carbocycles. The fourth-order valence-electron chi connectivity index (χ4n) is 4.91. The van der Waals surface area contributed by atoms with Crippen LogP contribution < -0.4 is 21.7 Å². The summed E-state index contributed by atoms with van der Waals surface area (Å²) in [4.78, 5) is 17.8. The lowest BCUT2D eigenvalue weighted by Gasteiger charge is -2.34. The molecule has 2 aromatic heterocycles. The molecule has 1 unspecified atom stereocenters. The van der Waals surface area contributed by atoms with E-state index in [-0.39, 0.29) is 32.6 Å². The Morgan fingerprint density at radius 1 is 1.10 bits per heavy atom. The quantitative estimate of drug-likeness (QED) is 0.256. The van der Waals surface area contributed by atoms with Crippen molar-refractivity contribution in [1.82, 2.24) is 10.3 Å². The van der Waals surface area contributed by atoms with Crippen molar-refractivity contribution < 1.29 is 23.1 Å². The third kappa shape index (κ3) is 5.70. The number of amides is 1. The van der Waals surface area contributed by atoms with Crippen molar-refractivity contribution in [1.29, 1.82) is 0 Å². The van der Waals surface area contributed by atoms with Crippen molar-refractivity contribution in [3.63, 3.8) is 0 Å². The lowest BCUT2D eigenvalue weighted by molar-refractivity contribution is -0.136. The predicted molar refractivity (Wildman–Crippen MR) is 148 cm³/mol. The van der Waals surface area contributed by atoms with Gasteiger partial charge >= 0.3 is 6.18 Å². The molecular weight excluding hydrogens is 527 g/mol. The second-order valence-electron chi connectivity index (χ2n) is 9.59. The van der Waals surface area contributed by atoms with Crippen LogP contribution in [0.4, 0.5) is 24.7 Å². The topological polar surface area (TPSA) is 118 Å². The number of aromatic nitrogens is 1. The molecule has 4 aromatic rings. The number of anilines is 2. The number of pyridine rings is 1. The largest absolute Gasteiger partial charge is 0.417 e. The van der Waals surface area contributed by atoms with Crippen LogP contribution >= 0.6 is 11.3 Å². The van der Waals surface area contributed by atoms with E-state index in [2.05, 4.69) is 10.3 Å². The van der Waals surface area contributed by atoms with E-state index in [1.165, 1.54) is 0 Å². The van der Waals surface area contributed by atoms with Crippen molar-refractivity contribution in [2.24, 2.45) is 5.73 Å². The highest BCUT2D eigenvalue weighted by atomic mass is 32.1. The number of nitrogen functional groups attached to an aromatic ring is 1. The number of carbonyl (C=O) groups excluding carboxylic acids is 1. The Labute approximate surface area is 227 Å². The number of nitrogens with zero attached hydrogens (tertiary/aromatic N) is 2. The molecule has 1 saturated heterocycles. The third-order valence-electron chi connectivity index (χ3n) is 7.04. The second-order valence-corrected chi connectivity index (χ2v) is 10.6. The van der Waals surface area contributed by atoms with Crippen molar-refractivity contribution in [3.05, 3.63) is 76.7 Å². The van der Waals surface area contributed by atoms with Crippen molar-refractivity contribution in [2.75, 3.05) is 30.3 Å². The molecule has 0 aliphatic carbocycles. The number of thiophene rings is 1. The maximum atomic E-state index is 13.9. The Morgan fingerprint density at radius 3 is 2.36 bits per heavy atom. The minimum Gasteiger partial charge on any atom is -0.397 e. The first-order valence-corrected chi connectivity index (χ1v) is 13.3. The summed E-state index contributed by atoms with van der Waals surface area (Å²) >= 11 is 0.772. The Hall–Kier alpha value is -3.67. The molecule has 7 nitrogen and oxygen atoms in total. The van der Waals surface area contributed by atoms with Crippen LogP contribution in [0.1, 0.15) is 39.7 Å². The summed E-state index contributed by atoms with van der Waals surface area (Å²) in [7, 11) is 0. The van der Waals surface area contributed by atoms with Crippen LogP contribution in [0.5, 0.6) is 0 Å². The third-order valence-corrected chi connectivity index (χ3v) is 8.15. The number of aliphatic hydroxyl groups excluding tert-OH is 1. The van der Waals surface area contributed by atoms with Gasteiger partial charge in [0.15, 0.2) is 0 Å². The van der Waals surface area contributed by atoms with Crippen LogP contribution in [0.2, 0.25) is 0 Å². The molecule has 11 heteroatoms. The molecule has 204 valence electrons. The van der Waals surface area contributed by atoms with Crippen molar-refractivity contribution >= 4 is 39.0 Å². The Balaban J connectivity index is 1.22. The maximum Gasteiger partial charge on any atom is 0.417 e. The number of primary amides is 1. The highest BCUT2D eigenvalue weighted by molar-refractivity contribution is 7.21. The molecule has 1 fully saturated rings. The van der Waals surface area contributed by atoms with Crippen LogP contribution in [0.15, 0.2) is 60.7 Å². The summed E-state index contributed by atoms with van der Waals surface area (Å²) in [5, 5.41) is 13.8. The molecule has 0 bridgehead atoms. The van der Waals surface area contributed by atoms with Gasteiger partial charge in [0.05, 0.1) is 17.4 Å². The van der Waals surface area contributed by atoms with Crippen LogP contribution in [-0.2, 0) is 6.18 Å². The van der Waals surface area contributed by atoms with Gasteiger partial charge in [0.1, 0.15) is 15.5 Å². The molecule has 5 rings (SSSR count). The lowest BCUT2D eigenvalue weighted by Crippen LogP contribution is -2.44. The predicted octanol–water partition coefficient (Wildman–Crippen LogP) is 4.96. The van der Waals surface area contributed by atoms with Gasteiger partial charge in [0.2, 0.25) is 0 Å². The Kier molecular flexibility index (Phi) is 7.48. The second kappa shape index (κ2) is 10.8. The van der Waals surface area contributed by atoms with Crippen LogP contribution in [0.3, 0.4) is 0 Å². The first kappa shape index (κ1) is 26.9. The van der Waals surface area contributed by atoms with E-state index in [9.17, 15) is 23.1 Å². The molecule has 3 heterocycles. The summed E-state index contributed by atoms with van der Waals surface area (Å²) in [5.74, 6) is -0.699. The number of fused-ring (bicyclic) bond motifs is 1. The number of hydrogen-bond acceptors (Lipinski definition) is 7. The summed E-state index contributed by atoms with van der Waals surface area (Å²) in [6, 6.07) is 18.9. The zero-order valence-electron chi connectivity index (χ0n) is 20.9. The Morgan fingerprint density at radius 2 is 1.74 bits per heavy atom. The van der Waals surface area contributed by atoms with Crippen LogP contribution in [0.25, 0.3) is 21.3 Å². The van der Waals surface area contributed by atoms with E-state index in [1.807, 2.05) is 54.6 Å². The highest BCUT2D eigenvalue weighted by Crippen LogP contribution is 2.43. The minimum absolute atomic E-state index is 0.0350. The number of rotatable bonds is 7. The van der Waals surface area contributed by atoms with Gasteiger partial charge in [-0.25, -0.2) is 4.98 Å². The van der Waals surface area contributed by atoms with E-state index < -0.39 is 23.8 Å². The van der Waals surface area contributed by atoms with Crippen LogP contribution in [0, 0.1) is 0 Å². The molecule has 0 spiro atoms. The minimum atomic E-state index is -4.67. The number of nitrogens with two attached hydrogens (primary N) is 2. The first-order valence-electron chi connectivity index (χ1n) is 12.5. The molecule has 1 atom stereocenters. The van der Waals surface area contributed by atoms with Gasteiger partial charge in [-0.1, -0.05) is 54.6 Å². The molecule has 0 radical (unpaired) electrons. The van der Waals surface area contributed by atoms with Gasteiger partial charge in [-0.2, -0.15) is 13.2 Å². The van der Waals surface area contributed by atoms with E-state index in [1.54, 1.807) is 4.90 Å². The van der Waals surface area contributed by atoms with Gasteiger partial charge in [-0.15, -0.1) is 11.3 Å². The molecule has 39 heavy (non-hydrogen) atoms. The lowest BCUT2D eigenvalue weighted by atomic mass is 10.0. The Bertz CT molecular complexity index is 1470. The van der Waals surface area contributed by atoms with E-state index >= 15 is 0 Å². The average molecular weight is 556 g/mol. The van der Waals surface area contributed by atoms with Crippen molar-refractivity contribution in [2.45, 2.75) is 31.2 Å². The monoisotopic (exact) mass is 555 g/mol. The molecule has 1 aliphatic rings. The average Bonchev–Trinajstić information content (AvgIpc) is 3.28. The number of aliphatic hydroxyl groups is 1. The van der Waals surface area contributed by atoms with Crippen LogP contribution in [-0.4, -0.2) is 41.7 Å². The van der Waals surface area contributed by atoms with Gasteiger partial charge in [0, 0.05) is 31.1 Å². The van der Waals surface area contributed by atoms with E-state index in [0.29, 0.717) is 32.5 Å². The maximum absolute atomic E-state index is 13.9. The normalized spacial score (nSPS) is 15.5. The summed E-state index contributed by atoms with van der Waals surface area (Å²) in [6.45, 7) is 1.33. The van der Waals surface area contributed by atoms with Gasteiger partial charge in [-0.3, -0.25) is 4.79 Å². The molecule has 6 N–H and O–H groups in total. The molecule has 1 aliphatic heterocycles. The molecular formula is C28H28F3N5O2S. The van der Waals surface area contributed by atoms with Gasteiger partial charge in [-0.05, 0) is 35.6 Å². The smallest absolute Gasteiger partial charge is 0.397 e. The zero-order valence-corrected chi connectivity index (χ0v) is 21.7. The van der Waals surface area contributed by atoms with E-state index in [0.717, 1.165) is 34.1 Å². The standard InChI is InChI=1S/C28H28F3N5O2S/c29-28(30,31)20-14-22(35-27-23(20)24(32)25(39-27)26(33)38)36-12-10-19(11-13-36)34-15-21(37)18-8-6-17(7-9-18)16-4-2-1-3-5-16/h1-9,14,19,21,34,37H,10-13,15,32H2,(H2,33,38). The molecule has 1 amide bonds. The first-order chi connectivity index (χ1) is 18.6. The number of piperidine rings is 1. The summed E-state index contributed by atoms with van der Waals surface area (Å²) in [6.07, 6.45) is -4.02. The number of benzene rings is 2. The SMILES string of the molecule is NC(=O)c1sc2nc(N3CCC(NCC(O)c4ccc(-c5ccccc5)cc4)CC3)cc(C(F)(F)F)c2c1N. The summed E-state index contributed by atoms with van der Waals surface area (Å²) in [5.41, 5.74) is 12.9. The zero-order chi connectivity index (χ0) is 27.7. The van der Waals surface area contributed by atoms with Crippen molar-refractivity contribution in [3.8, 4) is 11.1 Å². The van der Waals surface area contributed by atoms with Gasteiger partial charge < -0.3 is 26.8 Å². The number of hydrogen-bond donors (Lipinski definition) is 4. The van der Waals surface area contributed by atoms with E-state index in [4.69, 9.17) is 11.5 Å². The molecule has 0 saturated carbocycles. The summed E-state index contributed by atoms with van der Waals surface area (Å²) < 4.78 is 41.7. The number of halogens is 3. The number of nitrogens with one attached hydrogen (secondary N) is 1. The fraction of sp³-hybridized carbons (Fsp3) is 0.286.